The summed E-state index contributed by atoms with van der Waals surface area (Å²) in [5.41, 5.74) is 0.562. The molecule has 0 aromatic heterocycles. The van der Waals surface area contributed by atoms with Gasteiger partial charge in [0.05, 0.1) is 12.2 Å². The van der Waals surface area contributed by atoms with Gasteiger partial charge in [-0.3, -0.25) is 0 Å². The van der Waals surface area contributed by atoms with E-state index in [2.05, 4.69) is 26.1 Å². The van der Waals surface area contributed by atoms with Crippen LogP contribution in [-0.4, -0.2) is 24.8 Å². The highest BCUT2D eigenvalue weighted by Crippen LogP contribution is 2.61. The summed E-state index contributed by atoms with van der Waals surface area (Å²) in [7, 11) is 0. The maximum absolute atomic E-state index is 6.08. The largest absolute Gasteiger partial charge is 0.375 e. The van der Waals surface area contributed by atoms with E-state index in [0.717, 1.165) is 11.8 Å². The minimum atomic E-state index is 0.501. The van der Waals surface area contributed by atoms with Crippen molar-refractivity contribution >= 4 is 0 Å². The van der Waals surface area contributed by atoms with Crippen LogP contribution in [0.4, 0.5) is 0 Å². The lowest BCUT2D eigenvalue weighted by Gasteiger charge is -2.34. The van der Waals surface area contributed by atoms with Gasteiger partial charge in [-0.25, -0.2) is 0 Å². The second kappa shape index (κ2) is 4.79. The summed E-state index contributed by atoms with van der Waals surface area (Å²) < 4.78 is 6.08. The third-order valence-corrected chi connectivity index (χ3v) is 5.33. The number of ether oxygens (including phenoxy) is 1. The van der Waals surface area contributed by atoms with Gasteiger partial charge in [-0.15, -0.1) is 0 Å². The monoisotopic (exact) mass is 251 g/mol. The Bertz CT molecular complexity index is 291. The molecule has 3 rings (SSSR count). The fraction of sp³-hybridized carbons (Fsp3) is 1.00. The molecular weight excluding hydrogens is 222 g/mol. The predicted molar refractivity (Wildman–Crippen MR) is 74.6 cm³/mol. The van der Waals surface area contributed by atoms with E-state index < -0.39 is 0 Å². The Morgan fingerprint density at radius 1 is 1.22 bits per heavy atom. The first-order chi connectivity index (χ1) is 8.56. The molecular formula is C16H29NO. The molecule has 2 heteroatoms. The number of hydrogen-bond acceptors (Lipinski definition) is 2. The summed E-state index contributed by atoms with van der Waals surface area (Å²) in [5.74, 6) is 2.13. The molecule has 1 heterocycles. The second-order valence-corrected chi connectivity index (χ2v) is 7.55. The minimum absolute atomic E-state index is 0.501. The Balaban J connectivity index is 1.59. The minimum Gasteiger partial charge on any atom is -0.375 e. The zero-order valence-corrected chi connectivity index (χ0v) is 12.2. The van der Waals surface area contributed by atoms with E-state index in [1.807, 2.05) is 0 Å². The van der Waals surface area contributed by atoms with E-state index in [0.29, 0.717) is 23.7 Å². The second-order valence-electron chi connectivity index (χ2n) is 7.55. The molecule has 0 aromatic rings. The van der Waals surface area contributed by atoms with E-state index in [9.17, 15) is 0 Å². The molecule has 1 N–H and O–H groups in total. The van der Waals surface area contributed by atoms with E-state index in [1.54, 1.807) is 0 Å². The highest BCUT2D eigenvalue weighted by Gasteiger charge is 2.54. The smallest absolute Gasteiger partial charge is 0.0585 e. The zero-order valence-electron chi connectivity index (χ0n) is 12.2. The van der Waals surface area contributed by atoms with Gasteiger partial charge in [0.2, 0.25) is 0 Å². The van der Waals surface area contributed by atoms with Crippen molar-refractivity contribution in [2.45, 2.75) is 77.5 Å². The molecule has 0 spiro atoms. The Morgan fingerprint density at radius 3 is 2.50 bits per heavy atom. The fourth-order valence-electron chi connectivity index (χ4n) is 4.33. The van der Waals surface area contributed by atoms with Gasteiger partial charge >= 0.3 is 0 Å². The van der Waals surface area contributed by atoms with Crippen molar-refractivity contribution in [3.8, 4) is 0 Å². The van der Waals surface area contributed by atoms with Crippen LogP contribution in [0, 0.1) is 17.3 Å². The quantitative estimate of drug-likeness (QED) is 0.809. The maximum atomic E-state index is 6.08. The van der Waals surface area contributed by atoms with Crippen molar-refractivity contribution in [2.75, 3.05) is 6.54 Å². The summed E-state index contributed by atoms with van der Waals surface area (Å²) in [5, 5.41) is 3.70. The first-order valence-electron chi connectivity index (χ1n) is 7.95. The van der Waals surface area contributed by atoms with Crippen molar-refractivity contribution in [2.24, 2.45) is 17.3 Å². The maximum Gasteiger partial charge on any atom is 0.0585 e. The van der Waals surface area contributed by atoms with Crippen molar-refractivity contribution in [3.05, 3.63) is 0 Å². The van der Waals surface area contributed by atoms with Crippen molar-refractivity contribution in [1.82, 2.24) is 5.32 Å². The molecule has 1 saturated heterocycles. The van der Waals surface area contributed by atoms with Gasteiger partial charge in [0.25, 0.3) is 0 Å². The van der Waals surface area contributed by atoms with Crippen molar-refractivity contribution in [1.29, 1.82) is 0 Å². The number of nitrogens with one attached hydrogen (secondary N) is 1. The van der Waals surface area contributed by atoms with Crippen LogP contribution in [0.3, 0.4) is 0 Å². The Kier molecular flexibility index (Phi) is 3.44. The normalized spacial score (nSPS) is 46.7. The molecule has 2 saturated carbocycles. The van der Waals surface area contributed by atoms with Crippen LogP contribution in [0.2, 0.25) is 0 Å². The predicted octanol–water partition coefficient (Wildman–Crippen LogP) is 3.36. The van der Waals surface area contributed by atoms with Crippen molar-refractivity contribution < 1.29 is 4.74 Å². The molecule has 4 unspecified atom stereocenters. The van der Waals surface area contributed by atoms with Crippen LogP contribution in [-0.2, 0) is 4.74 Å². The van der Waals surface area contributed by atoms with Gasteiger partial charge in [0, 0.05) is 12.6 Å². The van der Waals surface area contributed by atoms with E-state index in [-0.39, 0.29) is 0 Å². The van der Waals surface area contributed by atoms with Crippen LogP contribution < -0.4 is 5.32 Å². The average molecular weight is 251 g/mol. The van der Waals surface area contributed by atoms with Gasteiger partial charge < -0.3 is 10.1 Å². The van der Waals surface area contributed by atoms with Gasteiger partial charge in [-0.1, -0.05) is 13.8 Å². The zero-order chi connectivity index (χ0) is 12.8. The van der Waals surface area contributed by atoms with Crippen LogP contribution in [0.25, 0.3) is 0 Å². The summed E-state index contributed by atoms with van der Waals surface area (Å²) in [6.45, 7) is 7.96. The molecule has 1 aliphatic heterocycles. The molecule has 3 aliphatic rings. The third-order valence-electron chi connectivity index (χ3n) is 5.33. The summed E-state index contributed by atoms with van der Waals surface area (Å²) >= 11 is 0. The summed E-state index contributed by atoms with van der Waals surface area (Å²) in [6, 6.07) is 0.613. The van der Waals surface area contributed by atoms with Crippen LogP contribution in [0.15, 0.2) is 0 Å². The Morgan fingerprint density at radius 2 is 1.94 bits per heavy atom. The average Bonchev–Trinajstić information content (AvgIpc) is 2.72. The number of fused-ring (bicyclic) bond motifs is 1. The molecule has 0 amide bonds. The highest BCUT2D eigenvalue weighted by molar-refractivity contribution is 5.05. The molecule has 0 bridgehead atoms. The Hall–Kier alpha value is -0.0800. The fourth-order valence-corrected chi connectivity index (χ4v) is 4.33. The summed E-state index contributed by atoms with van der Waals surface area (Å²) in [4.78, 5) is 0. The molecule has 2 nitrogen and oxygen atoms in total. The van der Waals surface area contributed by atoms with E-state index >= 15 is 0 Å². The van der Waals surface area contributed by atoms with Crippen LogP contribution >= 0.6 is 0 Å². The first-order valence-corrected chi connectivity index (χ1v) is 7.95. The Labute approximate surface area is 112 Å². The lowest BCUT2D eigenvalue weighted by molar-refractivity contribution is 0.0190. The molecule has 3 fully saturated rings. The molecule has 2 aliphatic carbocycles. The van der Waals surface area contributed by atoms with Crippen LogP contribution in [0.1, 0.15) is 59.3 Å². The lowest BCUT2D eigenvalue weighted by atomic mass is 9.77. The molecule has 104 valence electrons. The molecule has 4 atom stereocenters. The standard InChI is InChI=1S/C16H29NO/c1-11(2)17-10-16(7-13-6-14(13)8-16)9-15-5-4-12(3)18-15/h11-15,17H,4-10H2,1-3H3. The van der Waals surface area contributed by atoms with Gasteiger partial charge in [-0.05, 0) is 62.7 Å². The SMILES string of the molecule is CC(C)NCC1(CC2CCC(C)O2)CC2CC2C1. The topological polar surface area (TPSA) is 21.3 Å². The van der Waals surface area contributed by atoms with Gasteiger partial charge in [-0.2, -0.15) is 0 Å². The molecule has 18 heavy (non-hydrogen) atoms. The first kappa shape index (κ1) is 12.9. The van der Waals surface area contributed by atoms with Crippen molar-refractivity contribution in [3.63, 3.8) is 0 Å². The molecule has 0 aromatic carbocycles. The number of hydrogen-bond donors (Lipinski definition) is 1. The highest BCUT2D eigenvalue weighted by atomic mass is 16.5. The van der Waals surface area contributed by atoms with E-state index in [4.69, 9.17) is 4.74 Å². The number of rotatable bonds is 5. The van der Waals surface area contributed by atoms with E-state index in [1.165, 1.54) is 45.1 Å². The third kappa shape index (κ3) is 2.75. The van der Waals surface area contributed by atoms with Crippen LogP contribution in [0.5, 0.6) is 0 Å². The summed E-state index contributed by atoms with van der Waals surface area (Å²) in [6.07, 6.45) is 9.37. The van der Waals surface area contributed by atoms with Gasteiger partial charge in [0.15, 0.2) is 0 Å². The molecule has 0 radical (unpaired) electrons. The lowest BCUT2D eigenvalue weighted by Crippen LogP contribution is -2.39. The van der Waals surface area contributed by atoms with Gasteiger partial charge in [0.1, 0.15) is 0 Å².